The number of halogens is 3. The summed E-state index contributed by atoms with van der Waals surface area (Å²) in [5.74, 6) is 0.482. The Morgan fingerprint density at radius 2 is 2.12 bits per heavy atom. The normalized spacial score (nSPS) is 17.1. The van der Waals surface area contributed by atoms with Gasteiger partial charge < -0.3 is 14.5 Å². The minimum absolute atomic E-state index is 0.0762. The van der Waals surface area contributed by atoms with Gasteiger partial charge >= 0.3 is 6.18 Å². The first-order valence-corrected chi connectivity index (χ1v) is 8.11. The third-order valence-corrected chi connectivity index (χ3v) is 3.95. The van der Waals surface area contributed by atoms with E-state index in [-0.39, 0.29) is 11.8 Å². The second-order valence-corrected chi connectivity index (χ2v) is 5.94. The first kappa shape index (κ1) is 18.8. The van der Waals surface area contributed by atoms with Crippen molar-refractivity contribution in [1.82, 2.24) is 10.2 Å². The van der Waals surface area contributed by atoms with Crippen molar-refractivity contribution in [3.8, 4) is 0 Å². The van der Waals surface area contributed by atoms with Gasteiger partial charge in [0.25, 0.3) is 0 Å². The van der Waals surface area contributed by atoms with Crippen LogP contribution >= 0.6 is 0 Å². The zero-order valence-corrected chi connectivity index (χ0v) is 13.5. The van der Waals surface area contributed by atoms with Crippen LogP contribution in [0.15, 0.2) is 22.8 Å². The van der Waals surface area contributed by atoms with Crippen molar-refractivity contribution in [2.24, 2.45) is 5.92 Å². The predicted molar refractivity (Wildman–Crippen MR) is 81.2 cm³/mol. The highest BCUT2D eigenvalue weighted by atomic mass is 19.4. The average Bonchev–Trinajstić information content (AvgIpc) is 3.03. The SMILES string of the molecule is O=C(NCCCOCc1ccco1)C1CCN(CC(F)(F)F)CC1. The number of alkyl halides is 3. The van der Waals surface area contributed by atoms with Gasteiger partial charge in [-0.05, 0) is 44.5 Å². The molecule has 0 saturated carbocycles. The van der Waals surface area contributed by atoms with Crippen molar-refractivity contribution in [2.75, 3.05) is 32.8 Å². The molecular weight excluding hydrogens is 325 g/mol. The van der Waals surface area contributed by atoms with E-state index < -0.39 is 12.7 Å². The quantitative estimate of drug-likeness (QED) is 0.734. The summed E-state index contributed by atoms with van der Waals surface area (Å²) >= 11 is 0. The van der Waals surface area contributed by atoms with Crippen LogP contribution in [0.25, 0.3) is 0 Å². The van der Waals surface area contributed by atoms with Gasteiger partial charge in [0.2, 0.25) is 5.91 Å². The zero-order chi connectivity index (χ0) is 17.4. The first-order valence-electron chi connectivity index (χ1n) is 8.11. The van der Waals surface area contributed by atoms with Crippen molar-refractivity contribution in [1.29, 1.82) is 0 Å². The number of carbonyl (C=O) groups is 1. The largest absolute Gasteiger partial charge is 0.467 e. The standard InChI is InChI=1S/C16H23F3N2O3/c17-16(18,19)12-21-7-4-13(5-8-21)15(22)20-6-2-9-23-11-14-3-1-10-24-14/h1,3,10,13H,2,4-9,11-12H2,(H,20,22). The van der Waals surface area contributed by atoms with Gasteiger partial charge in [-0.3, -0.25) is 9.69 Å². The number of hydrogen-bond acceptors (Lipinski definition) is 4. The van der Waals surface area contributed by atoms with E-state index in [0.29, 0.717) is 52.1 Å². The van der Waals surface area contributed by atoms with Gasteiger partial charge in [-0.2, -0.15) is 13.2 Å². The lowest BCUT2D eigenvalue weighted by Gasteiger charge is -2.31. The van der Waals surface area contributed by atoms with Crippen molar-refractivity contribution in [3.05, 3.63) is 24.2 Å². The molecule has 1 aromatic rings. The molecule has 0 spiro atoms. The third-order valence-electron chi connectivity index (χ3n) is 3.95. The summed E-state index contributed by atoms with van der Waals surface area (Å²) < 4.78 is 47.5. The molecule has 0 aliphatic carbocycles. The summed E-state index contributed by atoms with van der Waals surface area (Å²) in [7, 11) is 0. The highest BCUT2D eigenvalue weighted by Crippen LogP contribution is 2.22. The molecule has 8 heteroatoms. The van der Waals surface area contributed by atoms with Crippen LogP contribution in [0.5, 0.6) is 0 Å². The molecule has 1 aromatic heterocycles. The molecule has 0 radical (unpaired) electrons. The number of rotatable bonds is 8. The second kappa shape index (κ2) is 9.08. The molecule has 1 amide bonds. The molecule has 1 aliphatic heterocycles. The summed E-state index contributed by atoms with van der Waals surface area (Å²) in [6, 6.07) is 3.62. The van der Waals surface area contributed by atoms with E-state index in [2.05, 4.69) is 5.32 Å². The number of piperidine rings is 1. The Bertz CT molecular complexity index is 483. The summed E-state index contributed by atoms with van der Waals surface area (Å²) in [6.45, 7) is 1.13. The number of nitrogens with zero attached hydrogens (tertiary/aromatic N) is 1. The van der Waals surface area contributed by atoms with Gasteiger partial charge in [0.15, 0.2) is 0 Å². The highest BCUT2D eigenvalue weighted by Gasteiger charge is 2.33. The number of furan rings is 1. The summed E-state index contributed by atoms with van der Waals surface area (Å²) in [5.41, 5.74) is 0. The maximum Gasteiger partial charge on any atom is 0.401 e. The molecule has 1 aliphatic rings. The van der Waals surface area contributed by atoms with Crippen LogP contribution in [-0.4, -0.2) is 49.8 Å². The number of nitrogens with one attached hydrogen (secondary N) is 1. The van der Waals surface area contributed by atoms with Crippen LogP contribution in [0.2, 0.25) is 0 Å². The first-order chi connectivity index (χ1) is 11.4. The van der Waals surface area contributed by atoms with Gasteiger partial charge in [-0.1, -0.05) is 0 Å². The van der Waals surface area contributed by atoms with Crippen LogP contribution < -0.4 is 5.32 Å². The van der Waals surface area contributed by atoms with E-state index in [0.717, 1.165) is 5.76 Å². The molecule has 2 rings (SSSR count). The Hall–Kier alpha value is -1.54. The van der Waals surface area contributed by atoms with E-state index in [1.807, 2.05) is 6.07 Å². The third kappa shape index (κ3) is 6.92. The van der Waals surface area contributed by atoms with Crippen molar-refractivity contribution in [3.63, 3.8) is 0 Å². The fourth-order valence-electron chi connectivity index (χ4n) is 2.70. The molecular formula is C16H23F3N2O3. The molecule has 0 bridgehead atoms. The number of hydrogen-bond donors (Lipinski definition) is 1. The lowest BCUT2D eigenvalue weighted by molar-refractivity contribution is -0.149. The second-order valence-electron chi connectivity index (χ2n) is 5.94. The number of amides is 1. The average molecular weight is 348 g/mol. The zero-order valence-electron chi connectivity index (χ0n) is 13.5. The Morgan fingerprint density at radius 1 is 1.38 bits per heavy atom. The molecule has 136 valence electrons. The molecule has 2 heterocycles. The topological polar surface area (TPSA) is 54.7 Å². The van der Waals surface area contributed by atoms with Crippen molar-refractivity contribution in [2.45, 2.75) is 32.0 Å². The Morgan fingerprint density at radius 3 is 2.75 bits per heavy atom. The highest BCUT2D eigenvalue weighted by molar-refractivity contribution is 5.78. The minimum Gasteiger partial charge on any atom is -0.467 e. The van der Waals surface area contributed by atoms with Crippen LogP contribution in [0.1, 0.15) is 25.0 Å². The maximum absolute atomic E-state index is 12.3. The molecule has 1 fully saturated rings. The Kier molecular flexibility index (Phi) is 7.11. The number of carbonyl (C=O) groups excluding carboxylic acids is 1. The molecule has 0 atom stereocenters. The summed E-state index contributed by atoms with van der Waals surface area (Å²) in [4.78, 5) is 13.4. The lowest BCUT2D eigenvalue weighted by Crippen LogP contribution is -2.44. The van der Waals surface area contributed by atoms with Gasteiger partial charge in [0.1, 0.15) is 12.4 Å². The molecule has 1 saturated heterocycles. The lowest BCUT2D eigenvalue weighted by atomic mass is 9.96. The van der Waals surface area contributed by atoms with Crippen LogP contribution in [0, 0.1) is 5.92 Å². The van der Waals surface area contributed by atoms with Crippen LogP contribution in [0.4, 0.5) is 13.2 Å². The number of ether oxygens (including phenoxy) is 1. The number of likely N-dealkylation sites (tertiary alicyclic amines) is 1. The van der Waals surface area contributed by atoms with Crippen molar-refractivity contribution >= 4 is 5.91 Å². The van der Waals surface area contributed by atoms with Gasteiger partial charge in [-0.15, -0.1) is 0 Å². The predicted octanol–water partition coefficient (Wildman–Crippen LogP) is 2.58. The molecule has 0 unspecified atom stereocenters. The van der Waals surface area contributed by atoms with Gasteiger partial charge in [0, 0.05) is 19.1 Å². The summed E-state index contributed by atoms with van der Waals surface area (Å²) in [5, 5.41) is 2.83. The van der Waals surface area contributed by atoms with Crippen LogP contribution in [-0.2, 0) is 16.1 Å². The summed E-state index contributed by atoms with van der Waals surface area (Å²) in [6.07, 6.45) is -0.975. The van der Waals surface area contributed by atoms with E-state index in [1.54, 1.807) is 12.3 Å². The Labute approximate surface area is 139 Å². The van der Waals surface area contributed by atoms with E-state index in [1.165, 1.54) is 4.90 Å². The van der Waals surface area contributed by atoms with E-state index in [4.69, 9.17) is 9.15 Å². The smallest absolute Gasteiger partial charge is 0.401 e. The Balaban J connectivity index is 1.52. The van der Waals surface area contributed by atoms with Crippen LogP contribution in [0.3, 0.4) is 0 Å². The van der Waals surface area contributed by atoms with E-state index in [9.17, 15) is 18.0 Å². The fourth-order valence-corrected chi connectivity index (χ4v) is 2.70. The van der Waals surface area contributed by atoms with Crippen molar-refractivity contribution < 1.29 is 27.1 Å². The minimum atomic E-state index is -4.18. The fraction of sp³-hybridized carbons (Fsp3) is 0.688. The molecule has 5 nitrogen and oxygen atoms in total. The molecule has 0 aromatic carbocycles. The van der Waals surface area contributed by atoms with Gasteiger partial charge in [0.05, 0.1) is 12.8 Å². The van der Waals surface area contributed by atoms with Gasteiger partial charge in [-0.25, -0.2) is 0 Å². The van der Waals surface area contributed by atoms with E-state index >= 15 is 0 Å². The maximum atomic E-state index is 12.3. The molecule has 1 N–H and O–H groups in total. The monoisotopic (exact) mass is 348 g/mol. The molecule has 24 heavy (non-hydrogen) atoms.